The van der Waals surface area contributed by atoms with Gasteiger partial charge in [-0.1, -0.05) is 6.07 Å². The smallest absolute Gasteiger partial charge is 0.164 e. The van der Waals surface area contributed by atoms with Crippen LogP contribution in [0.4, 0.5) is 4.39 Å². The highest BCUT2D eigenvalue weighted by Crippen LogP contribution is 2.30. The number of halogens is 1. The molecule has 5 heteroatoms. The predicted molar refractivity (Wildman–Crippen MR) is 88.0 cm³/mol. The number of benzene rings is 1. The Labute approximate surface area is 132 Å². The van der Waals surface area contributed by atoms with Crippen molar-refractivity contribution in [3.8, 4) is 5.69 Å². The Kier molecular flexibility index (Phi) is 3.58. The van der Waals surface area contributed by atoms with Crippen molar-refractivity contribution in [3.63, 3.8) is 0 Å². The van der Waals surface area contributed by atoms with Gasteiger partial charge < -0.3 is 0 Å². The van der Waals surface area contributed by atoms with Crippen LogP contribution in [0.1, 0.15) is 18.7 Å². The molecule has 4 rings (SSSR count). The molecule has 1 unspecified atom stereocenters. The maximum absolute atomic E-state index is 13.6. The first-order valence-electron chi connectivity index (χ1n) is 7.51. The van der Waals surface area contributed by atoms with E-state index < -0.39 is 0 Å². The minimum absolute atomic E-state index is 0.239. The first-order chi connectivity index (χ1) is 10.8. The number of thioether (sulfide) groups is 1. The van der Waals surface area contributed by atoms with E-state index >= 15 is 0 Å². The van der Waals surface area contributed by atoms with Crippen molar-refractivity contribution in [2.24, 2.45) is 0 Å². The highest BCUT2D eigenvalue weighted by atomic mass is 32.2. The molecule has 0 amide bonds. The lowest BCUT2D eigenvalue weighted by atomic mass is 10.2. The van der Waals surface area contributed by atoms with Gasteiger partial charge in [0.15, 0.2) is 5.65 Å². The average Bonchev–Trinajstić information content (AvgIpc) is 3.14. The van der Waals surface area contributed by atoms with Gasteiger partial charge in [-0.05, 0) is 48.9 Å². The zero-order valence-corrected chi connectivity index (χ0v) is 12.9. The lowest BCUT2D eigenvalue weighted by Crippen LogP contribution is -2.09. The average molecular weight is 313 g/mol. The molecule has 1 fully saturated rings. The zero-order valence-electron chi connectivity index (χ0n) is 12.1. The van der Waals surface area contributed by atoms with Gasteiger partial charge in [0.1, 0.15) is 17.2 Å². The van der Waals surface area contributed by atoms with Gasteiger partial charge in [-0.15, -0.1) is 0 Å². The monoisotopic (exact) mass is 313 g/mol. The van der Waals surface area contributed by atoms with Crippen LogP contribution in [0.5, 0.6) is 0 Å². The molecule has 2 aromatic heterocycles. The van der Waals surface area contributed by atoms with Crippen LogP contribution in [-0.2, 0) is 6.42 Å². The fraction of sp³-hybridized carbons (Fsp3) is 0.294. The van der Waals surface area contributed by atoms with Crippen molar-refractivity contribution in [1.82, 2.24) is 14.5 Å². The van der Waals surface area contributed by atoms with Gasteiger partial charge in [0.25, 0.3) is 0 Å². The molecule has 0 spiro atoms. The van der Waals surface area contributed by atoms with Crippen molar-refractivity contribution in [2.75, 3.05) is 5.75 Å². The van der Waals surface area contributed by atoms with E-state index in [9.17, 15) is 4.39 Å². The first-order valence-corrected chi connectivity index (χ1v) is 8.56. The van der Waals surface area contributed by atoms with E-state index in [4.69, 9.17) is 4.98 Å². The molecule has 3 heterocycles. The second-order valence-corrected chi connectivity index (χ2v) is 6.94. The molecule has 0 aliphatic carbocycles. The van der Waals surface area contributed by atoms with Gasteiger partial charge in [-0.3, -0.25) is 4.57 Å². The number of aromatic nitrogens is 3. The minimum atomic E-state index is -0.239. The van der Waals surface area contributed by atoms with Crippen LogP contribution in [0.15, 0.2) is 42.6 Å². The quantitative estimate of drug-likeness (QED) is 0.732. The lowest BCUT2D eigenvalue weighted by molar-refractivity contribution is 0.626. The van der Waals surface area contributed by atoms with Crippen molar-refractivity contribution in [2.45, 2.75) is 24.5 Å². The summed E-state index contributed by atoms with van der Waals surface area (Å²) in [6.45, 7) is 0. The van der Waals surface area contributed by atoms with Crippen molar-refractivity contribution in [1.29, 1.82) is 0 Å². The van der Waals surface area contributed by atoms with E-state index in [-0.39, 0.29) is 5.82 Å². The Balaban J connectivity index is 1.85. The fourth-order valence-corrected chi connectivity index (χ4v) is 4.26. The van der Waals surface area contributed by atoms with Gasteiger partial charge in [0.2, 0.25) is 0 Å². The third-order valence-electron chi connectivity index (χ3n) is 3.99. The number of pyridine rings is 1. The molecule has 0 radical (unpaired) electrons. The van der Waals surface area contributed by atoms with Gasteiger partial charge in [0.05, 0.1) is 5.69 Å². The summed E-state index contributed by atoms with van der Waals surface area (Å²) in [5.74, 6) is 1.96. The van der Waals surface area contributed by atoms with Crippen LogP contribution in [0.3, 0.4) is 0 Å². The third kappa shape index (κ3) is 2.50. The number of imidazole rings is 1. The Morgan fingerprint density at radius 3 is 3.05 bits per heavy atom. The number of hydrogen-bond donors (Lipinski definition) is 0. The predicted octanol–water partition coefficient (Wildman–Crippen LogP) is 4.00. The van der Waals surface area contributed by atoms with Crippen LogP contribution >= 0.6 is 11.8 Å². The van der Waals surface area contributed by atoms with Crippen molar-refractivity contribution in [3.05, 3.63) is 54.2 Å². The fourth-order valence-electron chi connectivity index (χ4n) is 2.99. The van der Waals surface area contributed by atoms with E-state index in [1.54, 1.807) is 18.3 Å². The summed E-state index contributed by atoms with van der Waals surface area (Å²) in [7, 11) is 0. The summed E-state index contributed by atoms with van der Waals surface area (Å²) < 4.78 is 15.6. The molecule has 1 saturated heterocycles. The third-order valence-corrected chi connectivity index (χ3v) is 5.38. The van der Waals surface area contributed by atoms with E-state index in [0.717, 1.165) is 29.1 Å². The maximum atomic E-state index is 13.6. The minimum Gasteiger partial charge on any atom is -0.281 e. The molecular formula is C17H16FN3S. The molecule has 0 bridgehead atoms. The summed E-state index contributed by atoms with van der Waals surface area (Å²) in [6, 6.07) is 10.5. The molecule has 1 aromatic carbocycles. The van der Waals surface area contributed by atoms with Crippen molar-refractivity contribution >= 4 is 22.9 Å². The first kappa shape index (κ1) is 13.8. The number of hydrogen-bond acceptors (Lipinski definition) is 3. The number of nitrogens with zero attached hydrogens (tertiary/aromatic N) is 3. The molecule has 22 heavy (non-hydrogen) atoms. The van der Waals surface area contributed by atoms with Gasteiger partial charge >= 0.3 is 0 Å². The molecule has 0 saturated carbocycles. The standard InChI is InChI=1S/C17H16FN3S/c18-12-4-1-5-13(10-12)21-16(11-14-6-3-9-22-14)20-15-7-2-8-19-17(15)21/h1-2,4-5,7-8,10,14H,3,6,9,11H2. The second kappa shape index (κ2) is 5.72. The van der Waals surface area contributed by atoms with E-state index in [0.29, 0.717) is 5.25 Å². The molecular weight excluding hydrogens is 297 g/mol. The normalized spacial score (nSPS) is 18.1. The Hall–Kier alpha value is -1.88. The Bertz CT molecular complexity index is 809. The van der Waals surface area contributed by atoms with Crippen molar-refractivity contribution < 1.29 is 4.39 Å². The lowest BCUT2D eigenvalue weighted by Gasteiger charge is -2.11. The largest absolute Gasteiger partial charge is 0.281 e. The Morgan fingerprint density at radius 2 is 2.23 bits per heavy atom. The molecule has 112 valence electrons. The summed E-state index contributed by atoms with van der Waals surface area (Å²) in [5.41, 5.74) is 2.45. The van der Waals surface area contributed by atoms with Crippen LogP contribution < -0.4 is 0 Å². The van der Waals surface area contributed by atoms with Gasteiger partial charge in [-0.25, -0.2) is 14.4 Å². The number of fused-ring (bicyclic) bond motifs is 1. The number of rotatable bonds is 3. The van der Waals surface area contributed by atoms with Gasteiger partial charge in [0, 0.05) is 17.9 Å². The molecule has 1 atom stereocenters. The summed E-state index contributed by atoms with van der Waals surface area (Å²) in [5, 5.41) is 0.601. The van der Waals surface area contributed by atoms with E-state index in [1.165, 1.54) is 24.7 Å². The van der Waals surface area contributed by atoms with E-state index in [2.05, 4.69) is 4.98 Å². The summed E-state index contributed by atoms with van der Waals surface area (Å²) >= 11 is 2.01. The molecule has 1 aliphatic heterocycles. The Morgan fingerprint density at radius 1 is 1.27 bits per heavy atom. The summed E-state index contributed by atoms with van der Waals surface area (Å²) in [4.78, 5) is 9.20. The summed E-state index contributed by atoms with van der Waals surface area (Å²) in [6.07, 6.45) is 5.16. The van der Waals surface area contributed by atoms with Crippen LogP contribution in [0.25, 0.3) is 16.9 Å². The highest BCUT2D eigenvalue weighted by Gasteiger charge is 2.21. The maximum Gasteiger partial charge on any atom is 0.164 e. The molecule has 0 N–H and O–H groups in total. The highest BCUT2D eigenvalue weighted by molar-refractivity contribution is 8.00. The molecule has 1 aliphatic rings. The second-order valence-electron chi connectivity index (χ2n) is 5.53. The molecule has 3 nitrogen and oxygen atoms in total. The van der Waals surface area contributed by atoms with Gasteiger partial charge in [-0.2, -0.15) is 11.8 Å². The topological polar surface area (TPSA) is 30.7 Å². The zero-order chi connectivity index (χ0) is 14.9. The van der Waals surface area contributed by atoms with E-state index in [1.807, 2.05) is 34.5 Å². The van der Waals surface area contributed by atoms with Crippen LogP contribution in [0.2, 0.25) is 0 Å². The molecule has 3 aromatic rings. The van der Waals surface area contributed by atoms with Crippen LogP contribution in [-0.4, -0.2) is 25.5 Å². The van der Waals surface area contributed by atoms with Crippen LogP contribution in [0, 0.1) is 5.82 Å². The SMILES string of the molecule is Fc1cccc(-n2c(CC3CCCS3)nc3cccnc32)c1.